The lowest BCUT2D eigenvalue weighted by Crippen LogP contribution is -2.68. The standard InChI is InChI=1S/C59H100O27/c1-24(2)10-9-14-59(8,86-53-46(75)42(71)39(68)31(82-53)23-78-51-47(76)48(40(69)30(21-62)79-51)84-50-44(73)36(65)27(64)22-77-50)25-11-16-58(7)35(25)26(63)18-33-56(5)15-13-34(55(3,4)32(56)12-17-57(33,58)6)83-54-49(43(72)38(67)29(20-61)81-54)85-52-45(74)41(70)37(66)28(19-60)80-52/h10,25-54,60-76H,9,11-23H2,1-8H3/t25?,26?,27-,28-,29-,30-,31-,32?,33?,34?,35?,36+,37-,38-,39-,40-,41-,42-,43+,44-,45-,46-,47-,48+,49-,50-,51-,52+,53+,54+,56?,57?,58?,59?/m1/s1. The maximum atomic E-state index is 12.9. The Balaban J connectivity index is 0.913. The maximum absolute atomic E-state index is 12.9. The molecule has 0 aromatic rings. The smallest absolute Gasteiger partial charge is 0.187 e. The first kappa shape index (κ1) is 69.0. The second-order valence-electron chi connectivity index (χ2n) is 28.1. The number of aliphatic hydroxyl groups excluding tert-OH is 17. The van der Waals surface area contributed by atoms with Crippen LogP contribution in [0.25, 0.3) is 0 Å². The zero-order valence-corrected chi connectivity index (χ0v) is 50.5. The maximum Gasteiger partial charge on any atom is 0.187 e. The monoisotopic (exact) mass is 1240 g/mol. The summed E-state index contributed by atoms with van der Waals surface area (Å²) in [5.74, 6) is -0.628. The third-order valence-corrected chi connectivity index (χ3v) is 22.6. The second-order valence-corrected chi connectivity index (χ2v) is 28.1. The van der Waals surface area contributed by atoms with Crippen LogP contribution in [0.1, 0.15) is 113 Å². The number of hydrogen-bond donors (Lipinski definition) is 17. The number of fused-ring (bicyclic) bond motifs is 5. The van der Waals surface area contributed by atoms with Crippen molar-refractivity contribution in [1.29, 1.82) is 0 Å². The number of hydrogen-bond acceptors (Lipinski definition) is 27. The Hall–Kier alpha value is -1.34. The van der Waals surface area contributed by atoms with Crippen molar-refractivity contribution in [2.24, 2.45) is 45.3 Å². The molecule has 17 N–H and O–H groups in total. The summed E-state index contributed by atoms with van der Waals surface area (Å²) in [6.07, 6.45) is -33.0. The van der Waals surface area contributed by atoms with Crippen LogP contribution < -0.4 is 0 Å². The molecule has 5 saturated heterocycles. The lowest BCUT2D eigenvalue weighted by Gasteiger charge is -2.71. The van der Waals surface area contributed by atoms with Crippen molar-refractivity contribution in [2.75, 3.05) is 33.0 Å². The molecule has 4 aliphatic carbocycles. The van der Waals surface area contributed by atoms with Crippen LogP contribution in [-0.4, -0.2) is 285 Å². The quantitative estimate of drug-likeness (QED) is 0.0463. The van der Waals surface area contributed by atoms with E-state index in [-0.39, 0.29) is 34.5 Å². The zero-order valence-electron chi connectivity index (χ0n) is 50.5. The molecular formula is C59H100O27. The van der Waals surface area contributed by atoms with Crippen LogP contribution in [0.2, 0.25) is 0 Å². The Kier molecular flexibility index (Phi) is 21.3. The minimum atomic E-state index is -1.84. The van der Waals surface area contributed by atoms with Gasteiger partial charge in [-0.25, -0.2) is 0 Å². The van der Waals surface area contributed by atoms with Gasteiger partial charge in [0.05, 0.1) is 50.8 Å². The van der Waals surface area contributed by atoms with Crippen LogP contribution in [0.5, 0.6) is 0 Å². The van der Waals surface area contributed by atoms with E-state index in [0.29, 0.717) is 38.5 Å². The van der Waals surface area contributed by atoms with Crippen molar-refractivity contribution in [3.8, 4) is 0 Å². The number of rotatable bonds is 18. The third kappa shape index (κ3) is 12.3. The summed E-state index contributed by atoms with van der Waals surface area (Å²) in [7, 11) is 0. The van der Waals surface area contributed by atoms with E-state index in [1.807, 2.05) is 20.8 Å². The lowest BCUT2D eigenvalue weighted by atomic mass is 9.35. The van der Waals surface area contributed by atoms with Gasteiger partial charge >= 0.3 is 0 Å². The van der Waals surface area contributed by atoms with E-state index < -0.39 is 209 Å². The molecule has 0 bridgehead atoms. The summed E-state index contributed by atoms with van der Waals surface area (Å²) in [6.45, 7) is 13.8. The van der Waals surface area contributed by atoms with Crippen molar-refractivity contribution in [2.45, 2.75) is 278 Å². The van der Waals surface area contributed by atoms with Crippen molar-refractivity contribution in [1.82, 2.24) is 0 Å². The minimum Gasteiger partial charge on any atom is -0.394 e. The fourth-order valence-corrected chi connectivity index (χ4v) is 17.5. The normalized spacial score (nSPS) is 52.9. The van der Waals surface area contributed by atoms with Crippen LogP contribution in [0.15, 0.2) is 11.6 Å². The van der Waals surface area contributed by atoms with Crippen LogP contribution >= 0.6 is 0 Å². The molecule has 0 aromatic heterocycles. The van der Waals surface area contributed by atoms with Gasteiger partial charge < -0.3 is 134 Å². The predicted octanol–water partition coefficient (Wildman–Crippen LogP) is -3.74. The molecule has 0 spiro atoms. The molecule has 86 heavy (non-hydrogen) atoms. The van der Waals surface area contributed by atoms with Gasteiger partial charge in [-0.3, -0.25) is 0 Å². The van der Waals surface area contributed by atoms with Gasteiger partial charge in [-0.2, -0.15) is 0 Å². The highest BCUT2D eigenvalue weighted by atomic mass is 16.8. The van der Waals surface area contributed by atoms with Gasteiger partial charge in [0, 0.05) is 0 Å². The van der Waals surface area contributed by atoms with Gasteiger partial charge in [0.15, 0.2) is 31.5 Å². The molecule has 5 heterocycles. The average molecular weight is 1240 g/mol. The Labute approximate surface area is 501 Å². The summed E-state index contributed by atoms with van der Waals surface area (Å²) in [5, 5.41) is 185. The Morgan fingerprint density at radius 2 is 1.06 bits per heavy atom. The van der Waals surface area contributed by atoms with Gasteiger partial charge in [0.25, 0.3) is 0 Å². The molecule has 34 atom stereocenters. The van der Waals surface area contributed by atoms with Gasteiger partial charge in [-0.05, 0) is 124 Å². The average Bonchev–Trinajstić information content (AvgIpc) is 1.29. The van der Waals surface area contributed by atoms with Crippen LogP contribution in [-0.2, 0) is 47.4 Å². The van der Waals surface area contributed by atoms with Crippen LogP contribution in [0.3, 0.4) is 0 Å². The SMILES string of the molecule is CC(C)=CCCC(C)(O[C@@H]1O[C@H](CO[C@@H]2O[C@H](CO)[C@@H](O)[C@H](O[C@H]3OC[C@@H](O)[C@H](O)[C@H]3O)[C@H]2O)[C@@H](O)[C@@H](O)[C@H]1O)C1CCC2(C)C1C(O)CC1C3(C)CCC(O[C@@H]4O[C@H](CO)[C@@H](O)[C@H](O)[C@H]4O[C@@H]4O[C@H](CO)[C@@H](O)[C@@H](O)[C@H]4O)C(C)(C)C3CCC12C. The van der Waals surface area contributed by atoms with E-state index in [2.05, 4.69) is 40.7 Å². The highest BCUT2D eigenvalue weighted by molar-refractivity contribution is 5.21. The molecule has 27 heteroatoms. The number of ether oxygens (including phenoxy) is 10. The zero-order chi connectivity index (χ0) is 63.1. The molecule has 498 valence electrons. The molecule has 5 aliphatic heterocycles. The van der Waals surface area contributed by atoms with Gasteiger partial charge in [0.1, 0.15) is 116 Å². The molecule has 27 nitrogen and oxygen atoms in total. The van der Waals surface area contributed by atoms with Crippen molar-refractivity contribution < 1.29 is 134 Å². The van der Waals surface area contributed by atoms with E-state index in [1.54, 1.807) is 0 Å². The van der Waals surface area contributed by atoms with E-state index >= 15 is 0 Å². The van der Waals surface area contributed by atoms with E-state index in [9.17, 15) is 86.8 Å². The summed E-state index contributed by atoms with van der Waals surface area (Å²) < 4.78 is 60.5. The summed E-state index contributed by atoms with van der Waals surface area (Å²) in [4.78, 5) is 0. The predicted molar refractivity (Wildman–Crippen MR) is 293 cm³/mol. The number of aliphatic hydroxyl groups is 17. The molecule has 9 fully saturated rings. The molecule has 9 aliphatic rings. The summed E-state index contributed by atoms with van der Waals surface area (Å²) in [6, 6.07) is 0. The Morgan fingerprint density at radius 1 is 0.512 bits per heavy atom. The highest BCUT2D eigenvalue weighted by Gasteiger charge is 2.72. The van der Waals surface area contributed by atoms with Crippen molar-refractivity contribution in [3.63, 3.8) is 0 Å². The first-order valence-electron chi connectivity index (χ1n) is 30.8. The molecule has 0 aromatic carbocycles. The molecular weight excluding hydrogens is 1140 g/mol. The van der Waals surface area contributed by atoms with E-state index in [0.717, 1.165) is 24.8 Å². The van der Waals surface area contributed by atoms with Crippen LogP contribution in [0.4, 0.5) is 0 Å². The second kappa shape index (κ2) is 26.6. The molecule has 0 radical (unpaired) electrons. The largest absolute Gasteiger partial charge is 0.394 e. The Bertz CT molecular complexity index is 2260. The highest BCUT2D eigenvalue weighted by Crippen LogP contribution is 2.76. The molecule has 9 rings (SSSR count). The van der Waals surface area contributed by atoms with Crippen LogP contribution in [0, 0.1) is 45.3 Å². The molecule has 0 amide bonds. The molecule has 4 saturated carbocycles. The van der Waals surface area contributed by atoms with Gasteiger partial charge in [0.2, 0.25) is 0 Å². The van der Waals surface area contributed by atoms with Crippen molar-refractivity contribution in [3.05, 3.63) is 11.6 Å². The number of allylic oxidation sites excluding steroid dienone is 2. The minimum absolute atomic E-state index is 0.00480. The first-order valence-corrected chi connectivity index (χ1v) is 30.8. The van der Waals surface area contributed by atoms with E-state index in [4.69, 9.17) is 47.4 Å². The summed E-state index contributed by atoms with van der Waals surface area (Å²) in [5.41, 5.74) is -1.82. The third-order valence-electron chi connectivity index (χ3n) is 22.6. The lowest BCUT2D eigenvalue weighted by molar-refractivity contribution is -0.378. The van der Waals surface area contributed by atoms with Crippen molar-refractivity contribution >= 4 is 0 Å². The topological polar surface area (TPSA) is 436 Å². The van der Waals surface area contributed by atoms with Gasteiger partial charge in [-0.1, -0.05) is 46.3 Å². The van der Waals surface area contributed by atoms with Gasteiger partial charge in [-0.15, -0.1) is 0 Å². The summed E-state index contributed by atoms with van der Waals surface area (Å²) >= 11 is 0. The fraction of sp³-hybridized carbons (Fsp3) is 0.966. The Morgan fingerprint density at radius 3 is 1.70 bits per heavy atom. The molecule has 10 unspecified atom stereocenters. The van der Waals surface area contributed by atoms with E-state index in [1.165, 1.54) is 0 Å². The first-order chi connectivity index (χ1) is 40.3. The fourth-order valence-electron chi connectivity index (χ4n) is 17.5.